The summed E-state index contributed by atoms with van der Waals surface area (Å²) in [4.78, 5) is 0. The van der Waals surface area contributed by atoms with Crippen molar-refractivity contribution in [3.05, 3.63) is 0 Å². The molecular weight excluding hydrogens is 220 g/mol. The molecule has 0 amide bonds. The minimum Gasteiger partial charge on any atom is -0.369 e. The lowest BCUT2D eigenvalue weighted by atomic mass is 10.2. The molecule has 0 bridgehead atoms. The molecule has 2 N–H and O–H groups in total. The second-order valence-corrected chi connectivity index (χ2v) is 4.73. The molecule has 0 radical (unpaired) electrons. The quantitative estimate of drug-likeness (QED) is 0.792. The third-order valence-corrected chi connectivity index (χ3v) is 2.89. The van der Waals surface area contributed by atoms with Gasteiger partial charge in [-0.15, -0.1) is 0 Å². The maximum absolute atomic E-state index is 12.1. The fourth-order valence-electron chi connectivity index (χ4n) is 2.33. The molecule has 0 spiro atoms. The average molecular weight is 237 g/mol. The van der Waals surface area contributed by atoms with Gasteiger partial charge in [-0.05, 0) is 20.3 Å². The number of hydrogen-bond donors (Lipinski definition) is 1. The summed E-state index contributed by atoms with van der Waals surface area (Å²) < 4.78 is 40.4. The van der Waals surface area contributed by atoms with E-state index in [1.807, 2.05) is 0 Å². The van der Waals surface area contributed by atoms with Crippen molar-refractivity contribution in [3.63, 3.8) is 0 Å². The zero-order valence-electron chi connectivity index (χ0n) is 9.36. The second kappa shape index (κ2) is 4.18. The van der Waals surface area contributed by atoms with Gasteiger partial charge in [0.1, 0.15) is 18.8 Å². The highest BCUT2D eigenvalue weighted by Gasteiger charge is 2.53. The molecule has 1 saturated heterocycles. The Balaban J connectivity index is 1.96. The van der Waals surface area contributed by atoms with E-state index in [4.69, 9.17) is 19.9 Å². The number of fused-ring (bicyclic) bond motifs is 1. The first kappa shape index (κ1) is 12.2. The highest BCUT2D eigenvalue weighted by Crippen LogP contribution is 2.38. The average Bonchev–Trinajstić information content (AvgIpc) is 2.59. The van der Waals surface area contributed by atoms with Gasteiger partial charge >= 0.3 is 0 Å². The number of hydrogen-bond acceptors (Lipinski definition) is 4. The van der Waals surface area contributed by atoms with E-state index in [0.717, 1.165) is 0 Å². The van der Waals surface area contributed by atoms with E-state index in [0.29, 0.717) is 6.42 Å². The van der Waals surface area contributed by atoms with E-state index in [1.54, 1.807) is 13.8 Å². The molecule has 1 heterocycles. The standard InChI is InChI=1S/C10H17F2NO3/c1-10(2)15-8-5(13)3-6(9(8)16-10)14-4-7(11)12/h5-9H,3-4,13H2,1-2H3. The summed E-state index contributed by atoms with van der Waals surface area (Å²) in [5.74, 6) is -0.709. The van der Waals surface area contributed by atoms with Gasteiger partial charge in [-0.3, -0.25) is 0 Å². The molecule has 0 aromatic heterocycles. The number of ether oxygens (including phenoxy) is 3. The minimum absolute atomic E-state index is 0.213. The van der Waals surface area contributed by atoms with Gasteiger partial charge in [0, 0.05) is 6.04 Å². The smallest absolute Gasteiger partial charge is 0.261 e. The fraction of sp³-hybridized carbons (Fsp3) is 1.00. The number of alkyl halides is 2. The number of rotatable bonds is 3. The minimum atomic E-state index is -2.47. The van der Waals surface area contributed by atoms with Crippen LogP contribution in [0.25, 0.3) is 0 Å². The predicted octanol–water partition coefficient (Wildman–Crippen LogP) is 0.888. The maximum Gasteiger partial charge on any atom is 0.261 e. The summed E-state index contributed by atoms with van der Waals surface area (Å²) in [6, 6.07) is -0.213. The highest BCUT2D eigenvalue weighted by atomic mass is 19.3. The Morgan fingerprint density at radius 3 is 2.62 bits per heavy atom. The van der Waals surface area contributed by atoms with E-state index >= 15 is 0 Å². The van der Waals surface area contributed by atoms with Crippen molar-refractivity contribution < 1.29 is 23.0 Å². The van der Waals surface area contributed by atoms with Crippen molar-refractivity contribution in [1.29, 1.82) is 0 Å². The van der Waals surface area contributed by atoms with Gasteiger partial charge in [0.2, 0.25) is 0 Å². The zero-order chi connectivity index (χ0) is 11.9. The van der Waals surface area contributed by atoms with Crippen LogP contribution in [0.2, 0.25) is 0 Å². The molecule has 2 aliphatic rings. The molecule has 6 heteroatoms. The topological polar surface area (TPSA) is 53.7 Å². The van der Waals surface area contributed by atoms with Gasteiger partial charge in [-0.2, -0.15) is 0 Å². The molecular formula is C10H17F2NO3. The molecule has 4 atom stereocenters. The Labute approximate surface area is 93.0 Å². The van der Waals surface area contributed by atoms with Gasteiger partial charge in [0.15, 0.2) is 5.79 Å². The molecule has 2 fully saturated rings. The predicted molar refractivity (Wildman–Crippen MR) is 52.2 cm³/mol. The molecule has 16 heavy (non-hydrogen) atoms. The first-order valence-electron chi connectivity index (χ1n) is 5.40. The lowest BCUT2D eigenvalue weighted by Gasteiger charge is -2.22. The van der Waals surface area contributed by atoms with E-state index in [9.17, 15) is 8.78 Å². The zero-order valence-corrected chi connectivity index (χ0v) is 9.36. The maximum atomic E-state index is 12.1. The van der Waals surface area contributed by atoms with E-state index in [2.05, 4.69) is 0 Å². The van der Waals surface area contributed by atoms with Gasteiger partial charge in [-0.1, -0.05) is 0 Å². The molecule has 2 rings (SSSR count). The molecule has 0 aromatic carbocycles. The largest absolute Gasteiger partial charge is 0.369 e. The van der Waals surface area contributed by atoms with Crippen molar-refractivity contribution in [2.24, 2.45) is 5.73 Å². The Kier molecular flexibility index (Phi) is 3.18. The van der Waals surface area contributed by atoms with Crippen LogP contribution < -0.4 is 5.73 Å². The second-order valence-electron chi connectivity index (χ2n) is 4.73. The van der Waals surface area contributed by atoms with Crippen LogP contribution in [0, 0.1) is 0 Å². The first-order chi connectivity index (χ1) is 7.39. The van der Waals surface area contributed by atoms with Crippen LogP contribution in [-0.2, 0) is 14.2 Å². The summed E-state index contributed by atoms with van der Waals surface area (Å²) in [6.07, 6.45) is -2.94. The van der Waals surface area contributed by atoms with Crippen LogP contribution in [0.5, 0.6) is 0 Å². The van der Waals surface area contributed by atoms with Gasteiger partial charge in [0.05, 0.1) is 6.10 Å². The lowest BCUT2D eigenvalue weighted by Crippen LogP contribution is -2.35. The van der Waals surface area contributed by atoms with Crippen LogP contribution in [-0.4, -0.2) is 43.2 Å². The van der Waals surface area contributed by atoms with Crippen molar-refractivity contribution in [1.82, 2.24) is 0 Å². The normalized spacial score (nSPS) is 41.6. The molecule has 4 nitrogen and oxygen atoms in total. The van der Waals surface area contributed by atoms with Gasteiger partial charge in [0.25, 0.3) is 6.43 Å². The first-order valence-corrected chi connectivity index (χ1v) is 5.40. The Bertz CT molecular complexity index is 262. The van der Waals surface area contributed by atoms with Gasteiger partial charge < -0.3 is 19.9 Å². The third-order valence-electron chi connectivity index (χ3n) is 2.89. The van der Waals surface area contributed by atoms with Crippen LogP contribution in [0.15, 0.2) is 0 Å². The molecule has 4 unspecified atom stereocenters. The molecule has 1 saturated carbocycles. The van der Waals surface area contributed by atoms with Crippen molar-refractivity contribution in [2.75, 3.05) is 6.61 Å². The number of nitrogens with two attached hydrogens (primary N) is 1. The summed E-state index contributed by atoms with van der Waals surface area (Å²) >= 11 is 0. The summed E-state index contributed by atoms with van der Waals surface area (Å²) in [5, 5.41) is 0. The molecule has 0 aromatic rings. The molecule has 1 aliphatic heterocycles. The van der Waals surface area contributed by atoms with Crippen molar-refractivity contribution in [2.45, 2.75) is 56.8 Å². The van der Waals surface area contributed by atoms with E-state index in [-0.39, 0.29) is 18.2 Å². The highest BCUT2D eigenvalue weighted by molar-refractivity contribution is 5.01. The summed E-state index contributed by atoms with van der Waals surface area (Å²) in [5.41, 5.74) is 5.87. The van der Waals surface area contributed by atoms with Gasteiger partial charge in [-0.25, -0.2) is 8.78 Å². The van der Waals surface area contributed by atoms with Crippen LogP contribution in [0.1, 0.15) is 20.3 Å². The summed E-state index contributed by atoms with van der Waals surface area (Å²) in [7, 11) is 0. The SMILES string of the molecule is CC1(C)OC2C(N)CC(OCC(F)F)C2O1. The van der Waals surface area contributed by atoms with Crippen molar-refractivity contribution >= 4 is 0 Å². The molecule has 1 aliphatic carbocycles. The Morgan fingerprint density at radius 1 is 1.38 bits per heavy atom. The van der Waals surface area contributed by atoms with Crippen LogP contribution in [0.3, 0.4) is 0 Å². The monoisotopic (exact) mass is 237 g/mol. The lowest BCUT2D eigenvalue weighted by molar-refractivity contribution is -0.170. The number of halogens is 2. The van der Waals surface area contributed by atoms with E-state index in [1.165, 1.54) is 0 Å². The summed E-state index contributed by atoms with van der Waals surface area (Å²) in [6.45, 7) is 2.98. The van der Waals surface area contributed by atoms with Crippen LogP contribution in [0.4, 0.5) is 8.78 Å². The molecule has 94 valence electrons. The fourth-order valence-corrected chi connectivity index (χ4v) is 2.33. The third kappa shape index (κ3) is 2.34. The Morgan fingerprint density at radius 2 is 2.00 bits per heavy atom. The van der Waals surface area contributed by atoms with Crippen molar-refractivity contribution in [3.8, 4) is 0 Å². The van der Waals surface area contributed by atoms with Crippen LogP contribution >= 0.6 is 0 Å². The van der Waals surface area contributed by atoms with E-state index < -0.39 is 24.9 Å². The Hall–Kier alpha value is -0.300.